The van der Waals surface area contributed by atoms with Crippen molar-refractivity contribution in [2.45, 2.75) is 25.8 Å². The Labute approximate surface area is 130 Å². The highest BCUT2D eigenvalue weighted by atomic mass is 32.1. The molecule has 0 aliphatic rings. The first-order valence-electron chi connectivity index (χ1n) is 7.24. The number of benzene rings is 1. The van der Waals surface area contributed by atoms with Crippen LogP contribution in [0.1, 0.15) is 30.5 Å². The minimum atomic E-state index is 0.291. The molecule has 4 heteroatoms. The Bertz CT molecular complexity index is 540. The SMILES string of the molecule is CCCNC(Cc1ccsc1)c1ccc(OC)c(OC)c1. The smallest absolute Gasteiger partial charge is 0.161 e. The molecule has 1 N–H and O–H groups in total. The number of hydrogen-bond donors (Lipinski definition) is 1. The zero-order chi connectivity index (χ0) is 15.1. The first kappa shape index (κ1) is 15.9. The van der Waals surface area contributed by atoms with Crippen LogP contribution in [-0.4, -0.2) is 20.8 Å². The highest BCUT2D eigenvalue weighted by Crippen LogP contribution is 2.31. The van der Waals surface area contributed by atoms with Crippen molar-refractivity contribution in [3.05, 3.63) is 46.2 Å². The van der Waals surface area contributed by atoms with Gasteiger partial charge in [0.2, 0.25) is 0 Å². The van der Waals surface area contributed by atoms with E-state index in [1.54, 1.807) is 25.6 Å². The van der Waals surface area contributed by atoms with Gasteiger partial charge in [0.25, 0.3) is 0 Å². The van der Waals surface area contributed by atoms with Gasteiger partial charge in [-0.25, -0.2) is 0 Å². The molecular weight excluding hydrogens is 282 g/mol. The highest BCUT2D eigenvalue weighted by molar-refractivity contribution is 7.07. The van der Waals surface area contributed by atoms with E-state index >= 15 is 0 Å². The van der Waals surface area contributed by atoms with Gasteiger partial charge in [-0.2, -0.15) is 11.3 Å². The molecule has 0 amide bonds. The fraction of sp³-hybridized carbons (Fsp3) is 0.412. The molecule has 2 rings (SSSR count). The molecule has 3 nitrogen and oxygen atoms in total. The van der Waals surface area contributed by atoms with Crippen LogP contribution in [0.4, 0.5) is 0 Å². The lowest BCUT2D eigenvalue weighted by Crippen LogP contribution is -2.24. The zero-order valence-electron chi connectivity index (χ0n) is 12.9. The standard InChI is InChI=1S/C17H23NO2S/c1-4-8-18-15(10-13-7-9-21-12-13)14-5-6-16(19-2)17(11-14)20-3/h5-7,9,11-12,15,18H,4,8,10H2,1-3H3. The molecule has 21 heavy (non-hydrogen) atoms. The average Bonchev–Trinajstić information content (AvgIpc) is 3.03. The molecule has 2 aromatic rings. The molecule has 1 aromatic carbocycles. The average molecular weight is 305 g/mol. The number of methoxy groups -OCH3 is 2. The van der Waals surface area contributed by atoms with Gasteiger partial charge < -0.3 is 14.8 Å². The molecule has 0 radical (unpaired) electrons. The van der Waals surface area contributed by atoms with E-state index in [-0.39, 0.29) is 0 Å². The summed E-state index contributed by atoms with van der Waals surface area (Å²) >= 11 is 1.74. The van der Waals surface area contributed by atoms with Gasteiger partial charge in [-0.05, 0) is 59.5 Å². The minimum absolute atomic E-state index is 0.291. The molecular formula is C17H23NO2S. The Hall–Kier alpha value is -1.52. The van der Waals surface area contributed by atoms with Crippen LogP contribution in [0.25, 0.3) is 0 Å². The number of rotatable bonds is 8. The molecule has 0 aliphatic carbocycles. The maximum atomic E-state index is 5.42. The van der Waals surface area contributed by atoms with E-state index in [9.17, 15) is 0 Å². The maximum Gasteiger partial charge on any atom is 0.161 e. The summed E-state index contributed by atoms with van der Waals surface area (Å²) in [5.41, 5.74) is 2.59. The first-order chi connectivity index (χ1) is 10.3. The van der Waals surface area contributed by atoms with Gasteiger partial charge >= 0.3 is 0 Å². The second-order valence-electron chi connectivity index (χ2n) is 4.96. The molecule has 1 aromatic heterocycles. The van der Waals surface area contributed by atoms with Crippen LogP contribution in [0.5, 0.6) is 11.5 Å². The lowest BCUT2D eigenvalue weighted by atomic mass is 10.00. The second kappa shape index (κ2) is 8.05. The van der Waals surface area contributed by atoms with Crippen molar-refractivity contribution in [2.24, 2.45) is 0 Å². The van der Waals surface area contributed by atoms with Crippen LogP contribution >= 0.6 is 11.3 Å². The van der Waals surface area contributed by atoms with E-state index in [4.69, 9.17) is 9.47 Å². The molecule has 1 heterocycles. The third kappa shape index (κ3) is 4.22. The van der Waals surface area contributed by atoms with E-state index in [2.05, 4.69) is 41.2 Å². The van der Waals surface area contributed by atoms with Crippen molar-refractivity contribution in [2.75, 3.05) is 20.8 Å². The maximum absolute atomic E-state index is 5.42. The number of hydrogen-bond acceptors (Lipinski definition) is 4. The Morgan fingerprint density at radius 2 is 1.95 bits per heavy atom. The monoisotopic (exact) mass is 305 g/mol. The van der Waals surface area contributed by atoms with Crippen molar-refractivity contribution in [3.8, 4) is 11.5 Å². The number of ether oxygens (including phenoxy) is 2. The van der Waals surface area contributed by atoms with Crippen LogP contribution in [0.3, 0.4) is 0 Å². The van der Waals surface area contributed by atoms with Crippen molar-refractivity contribution in [1.82, 2.24) is 5.32 Å². The summed E-state index contributed by atoms with van der Waals surface area (Å²) in [7, 11) is 3.34. The van der Waals surface area contributed by atoms with Crippen molar-refractivity contribution < 1.29 is 9.47 Å². The van der Waals surface area contributed by atoms with Gasteiger partial charge in [0.1, 0.15) is 0 Å². The van der Waals surface area contributed by atoms with Crippen LogP contribution in [0.15, 0.2) is 35.0 Å². The lowest BCUT2D eigenvalue weighted by Gasteiger charge is -2.20. The Kier molecular flexibility index (Phi) is 6.08. The van der Waals surface area contributed by atoms with Gasteiger partial charge in [0, 0.05) is 6.04 Å². The van der Waals surface area contributed by atoms with E-state index < -0.39 is 0 Å². The number of thiophene rings is 1. The molecule has 0 aliphatic heterocycles. The third-order valence-electron chi connectivity index (χ3n) is 3.47. The summed E-state index contributed by atoms with van der Waals surface area (Å²) < 4.78 is 10.7. The predicted molar refractivity (Wildman–Crippen MR) is 88.6 cm³/mol. The zero-order valence-corrected chi connectivity index (χ0v) is 13.7. The molecule has 1 unspecified atom stereocenters. The molecule has 0 fully saturated rings. The number of nitrogens with one attached hydrogen (secondary N) is 1. The van der Waals surface area contributed by atoms with Gasteiger partial charge in [-0.3, -0.25) is 0 Å². The van der Waals surface area contributed by atoms with Crippen LogP contribution in [-0.2, 0) is 6.42 Å². The molecule has 0 spiro atoms. The van der Waals surface area contributed by atoms with Crippen LogP contribution in [0.2, 0.25) is 0 Å². The van der Waals surface area contributed by atoms with Crippen molar-refractivity contribution in [3.63, 3.8) is 0 Å². The summed E-state index contributed by atoms with van der Waals surface area (Å²) in [6.45, 7) is 3.19. The van der Waals surface area contributed by atoms with Crippen LogP contribution < -0.4 is 14.8 Å². The fourth-order valence-corrected chi connectivity index (χ4v) is 3.02. The topological polar surface area (TPSA) is 30.5 Å². The second-order valence-corrected chi connectivity index (χ2v) is 5.74. The first-order valence-corrected chi connectivity index (χ1v) is 8.19. The summed E-state index contributed by atoms with van der Waals surface area (Å²) in [4.78, 5) is 0. The molecule has 0 saturated carbocycles. The normalized spacial score (nSPS) is 12.1. The van der Waals surface area contributed by atoms with E-state index in [0.29, 0.717) is 6.04 Å². The Balaban J connectivity index is 2.22. The minimum Gasteiger partial charge on any atom is -0.493 e. The van der Waals surface area contributed by atoms with Crippen molar-refractivity contribution in [1.29, 1.82) is 0 Å². The van der Waals surface area contributed by atoms with E-state index in [1.807, 2.05) is 6.07 Å². The fourth-order valence-electron chi connectivity index (χ4n) is 2.34. The van der Waals surface area contributed by atoms with E-state index in [0.717, 1.165) is 30.9 Å². The predicted octanol–water partition coefficient (Wildman–Crippen LogP) is 4.05. The van der Waals surface area contributed by atoms with Gasteiger partial charge in [-0.1, -0.05) is 13.0 Å². The summed E-state index contributed by atoms with van der Waals surface area (Å²) in [6, 6.07) is 8.63. The van der Waals surface area contributed by atoms with E-state index in [1.165, 1.54) is 11.1 Å². The molecule has 114 valence electrons. The highest BCUT2D eigenvalue weighted by Gasteiger charge is 2.14. The lowest BCUT2D eigenvalue weighted by molar-refractivity contribution is 0.353. The van der Waals surface area contributed by atoms with Gasteiger partial charge in [0.05, 0.1) is 14.2 Å². The Morgan fingerprint density at radius 1 is 1.14 bits per heavy atom. The van der Waals surface area contributed by atoms with Crippen molar-refractivity contribution >= 4 is 11.3 Å². The van der Waals surface area contributed by atoms with Gasteiger partial charge in [-0.15, -0.1) is 0 Å². The summed E-state index contributed by atoms with van der Waals surface area (Å²) in [6.07, 6.45) is 2.10. The quantitative estimate of drug-likeness (QED) is 0.798. The largest absolute Gasteiger partial charge is 0.493 e. The molecule has 1 atom stereocenters. The van der Waals surface area contributed by atoms with Gasteiger partial charge in [0.15, 0.2) is 11.5 Å². The van der Waals surface area contributed by atoms with Crippen LogP contribution in [0, 0.1) is 0 Å². The third-order valence-corrected chi connectivity index (χ3v) is 4.20. The molecule has 0 saturated heterocycles. The molecule has 0 bridgehead atoms. The Morgan fingerprint density at radius 3 is 2.57 bits per heavy atom. The summed E-state index contributed by atoms with van der Waals surface area (Å²) in [5, 5.41) is 7.96. The summed E-state index contributed by atoms with van der Waals surface area (Å²) in [5.74, 6) is 1.55.